The van der Waals surface area contributed by atoms with E-state index in [0.717, 1.165) is 11.0 Å². The van der Waals surface area contributed by atoms with Gasteiger partial charge in [0.2, 0.25) is 0 Å². The van der Waals surface area contributed by atoms with Crippen LogP contribution in [0.25, 0.3) is 22.1 Å². The Morgan fingerprint density at radius 3 is 2.72 bits per heavy atom. The number of fused-ring (bicyclic) bond motifs is 3. The SMILES string of the molecule is CCOc1cc(/C=c2\sc3nc4ccccc4n3c2=O)cc(Cl)c1OCC(=O)Nc1ccc(F)cc1. The van der Waals surface area contributed by atoms with Crippen LogP contribution in [-0.2, 0) is 4.79 Å². The van der Waals surface area contributed by atoms with Gasteiger partial charge in [-0.1, -0.05) is 35.1 Å². The number of benzene rings is 3. The highest BCUT2D eigenvalue weighted by molar-refractivity contribution is 7.15. The lowest BCUT2D eigenvalue weighted by Gasteiger charge is -2.14. The van der Waals surface area contributed by atoms with Crippen LogP contribution in [-0.4, -0.2) is 28.5 Å². The molecule has 0 unspecified atom stereocenters. The average molecular weight is 524 g/mol. The zero-order valence-electron chi connectivity index (χ0n) is 19.0. The van der Waals surface area contributed by atoms with Gasteiger partial charge in [-0.25, -0.2) is 13.8 Å². The minimum atomic E-state index is -0.444. The number of ether oxygens (including phenoxy) is 2. The Bertz CT molecular complexity index is 1700. The second-order valence-corrected chi connectivity index (χ2v) is 9.16. The van der Waals surface area contributed by atoms with Crippen LogP contribution in [0.2, 0.25) is 5.02 Å². The molecule has 1 N–H and O–H groups in total. The summed E-state index contributed by atoms with van der Waals surface area (Å²) in [5.74, 6) is -0.298. The summed E-state index contributed by atoms with van der Waals surface area (Å²) in [7, 11) is 0. The highest BCUT2D eigenvalue weighted by atomic mass is 35.5. The van der Waals surface area contributed by atoms with E-state index in [0.29, 0.717) is 33.1 Å². The molecule has 7 nitrogen and oxygen atoms in total. The van der Waals surface area contributed by atoms with E-state index in [-0.39, 0.29) is 22.9 Å². The van der Waals surface area contributed by atoms with Crippen molar-refractivity contribution in [2.75, 3.05) is 18.5 Å². The molecule has 2 heterocycles. The predicted molar refractivity (Wildman–Crippen MR) is 139 cm³/mol. The zero-order chi connectivity index (χ0) is 25.2. The maximum atomic E-state index is 13.1. The Labute approximate surface area is 213 Å². The third-order valence-electron chi connectivity index (χ3n) is 5.25. The molecule has 1 amide bonds. The normalized spacial score (nSPS) is 11.8. The molecule has 3 aromatic carbocycles. The number of para-hydroxylation sites is 2. The van der Waals surface area contributed by atoms with E-state index in [1.54, 1.807) is 22.6 Å². The molecule has 5 aromatic rings. The number of hydrogen-bond acceptors (Lipinski definition) is 6. The number of nitrogens with one attached hydrogen (secondary N) is 1. The second kappa shape index (κ2) is 9.96. The molecule has 0 fully saturated rings. The summed E-state index contributed by atoms with van der Waals surface area (Å²) in [5, 5.41) is 2.84. The van der Waals surface area contributed by atoms with Gasteiger partial charge in [0.1, 0.15) is 5.82 Å². The topological polar surface area (TPSA) is 81.9 Å². The Balaban J connectivity index is 1.42. The maximum absolute atomic E-state index is 13.1. The Morgan fingerprint density at radius 1 is 1.17 bits per heavy atom. The highest BCUT2D eigenvalue weighted by Gasteiger charge is 2.15. The fourth-order valence-electron chi connectivity index (χ4n) is 3.71. The van der Waals surface area contributed by atoms with Crippen molar-refractivity contribution in [3.05, 3.63) is 92.0 Å². The summed E-state index contributed by atoms with van der Waals surface area (Å²) in [5.41, 5.74) is 2.42. The number of rotatable bonds is 7. The first kappa shape index (κ1) is 23.8. The number of nitrogens with zero attached hydrogens (tertiary/aromatic N) is 2. The molecular formula is C26H19ClFN3O4S. The Kier molecular flexibility index (Phi) is 6.58. The van der Waals surface area contributed by atoms with Crippen molar-refractivity contribution in [2.45, 2.75) is 6.92 Å². The van der Waals surface area contributed by atoms with Gasteiger partial charge >= 0.3 is 0 Å². The van der Waals surface area contributed by atoms with E-state index in [1.807, 2.05) is 31.2 Å². The summed E-state index contributed by atoms with van der Waals surface area (Å²) < 4.78 is 26.5. The predicted octanol–water partition coefficient (Wildman–Crippen LogP) is 4.67. The van der Waals surface area contributed by atoms with Crippen molar-refractivity contribution in [1.29, 1.82) is 0 Å². The van der Waals surface area contributed by atoms with Crippen molar-refractivity contribution in [1.82, 2.24) is 9.38 Å². The standard InChI is InChI=1S/C26H19ClFN3O4S/c1-2-34-21-12-15(13-22-25(33)31-20-6-4-3-5-19(20)30-26(31)36-22)11-18(27)24(21)35-14-23(32)29-17-9-7-16(28)8-10-17/h3-13H,2,14H2,1H3,(H,29,32)/b22-13-. The lowest BCUT2D eigenvalue weighted by molar-refractivity contribution is -0.118. The minimum Gasteiger partial charge on any atom is -0.490 e. The number of imidazole rings is 1. The van der Waals surface area contributed by atoms with Crippen molar-refractivity contribution in [2.24, 2.45) is 0 Å². The molecular weight excluding hydrogens is 505 g/mol. The molecule has 0 saturated heterocycles. The van der Waals surface area contributed by atoms with Gasteiger partial charge in [-0.3, -0.25) is 9.59 Å². The van der Waals surface area contributed by atoms with E-state index in [4.69, 9.17) is 21.1 Å². The molecule has 0 aliphatic carbocycles. The number of aromatic nitrogens is 2. The minimum absolute atomic E-state index is 0.171. The third kappa shape index (κ3) is 4.75. The van der Waals surface area contributed by atoms with E-state index >= 15 is 0 Å². The van der Waals surface area contributed by atoms with E-state index in [2.05, 4.69) is 10.3 Å². The summed E-state index contributed by atoms with van der Waals surface area (Å²) >= 11 is 7.76. The van der Waals surface area contributed by atoms with E-state index in [1.165, 1.54) is 35.6 Å². The van der Waals surface area contributed by atoms with Gasteiger partial charge in [0.15, 0.2) is 23.1 Å². The molecule has 36 heavy (non-hydrogen) atoms. The van der Waals surface area contributed by atoms with Crippen LogP contribution < -0.4 is 24.9 Å². The smallest absolute Gasteiger partial charge is 0.274 e. The fourth-order valence-corrected chi connectivity index (χ4v) is 4.97. The van der Waals surface area contributed by atoms with Crippen LogP contribution in [0.1, 0.15) is 12.5 Å². The molecule has 0 aliphatic rings. The van der Waals surface area contributed by atoms with Crippen molar-refractivity contribution in [3.8, 4) is 11.5 Å². The van der Waals surface area contributed by atoms with Crippen LogP contribution in [0.4, 0.5) is 10.1 Å². The maximum Gasteiger partial charge on any atom is 0.274 e. The first-order valence-electron chi connectivity index (χ1n) is 11.0. The van der Waals surface area contributed by atoms with Crippen LogP contribution in [0, 0.1) is 5.82 Å². The molecule has 2 aromatic heterocycles. The first-order chi connectivity index (χ1) is 17.4. The molecule has 0 bridgehead atoms. The van der Waals surface area contributed by atoms with Crippen LogP contribution in [0.3, 0.4) is 0 Å². The number of carbonyl (C=O) groups is 1. The molecule has 10 heteroatoms. The number of halogens is 2. The third-order valence-corrected chi connectivity index (χ3v) is 6.50. The molecule has 0 atom stereocenters. The Morgan fingerprint density at radius 2 is 1.94 bits per heavy atom. The first-order valence-corrected chi connectivity index (χ1v) is 12.2. The lowest BCUT2D eigenvalue weighted by Crippen LogP contribution is -2.22. The number of thiazole rings is 1. The van der Waals surface area contributed by atoms with Gasteiger partial charge in [-0.2, -0.15) is 0 Å². The highest BCUT2D eigenvalue weighted by Crippen LogP contribution is 2.37. The summed E-state index contributed by atoms with van der Waals surface area (Å²) in [6.45, 7) is 1.81. The molecule has 182 valence electrons. The monoisotopic (exact) mass is 523 g/mol. The summed E-state index contributed by atoms with van der Waals surface area (Å²) in [4.78, 5) is 30.5. The van der Waals surface area contributed by atoms with Crippen molar-refractivity contribution < 1.29 is 18.7 Å². The molecule has 0 aliphatic heterocycles. The van der Waals surface area contributed by atoms with Gasteiger partial charge < -0.3 is 14.8 Å². The molecule has 0 spiro atoms. The van der Waals surface area contributed by atoms with Gasteiger partial charge in [0.25, 0.3) is 11.5 Å². The zero-order valence-corrected chi connectivity index (χ0v) is 20.5. The number of anilines is 1. The molecule has 0 saturated carbocycles. The molecule has 0 radical (unpaired) electrons. The summed E-state index contributed by atoms with van der Waals surface area (Å²) in [6, 6.07) is 16.2. The largest absolute Gasteiger partial charge is 0.490 e. The molecule has 5 rings (SSSR count). The van der Waals surface area contributed by atoms with Gasteiger partial charge in [0, 0.05) is 5.69 Å². The van der Waals surface area contributed by atoms with Crippen molar-refractivity contribution >= 4 is 56.6 Å². The average Bonchev–Trinajstić information content (AvgIpc) is 3.36. The van der Waals surface area contributed by atoms with Gasteiger partial charge in [-0.15, -0.1) is 0 Å². The van der Waals surface area contributed by atoms with Crippen LogP contribution in [0.15, 0.2) is 65.5 Å². The summed E-state index contributed by atoms with van der Waals surface area (Å²) in [6.07, 6.45) is 1.72. The second-order valence-electron chi connectivity index (χ2n) is 7.74. The van der Waals surface area contributed by atoms with Gasteiger partial charge in [-0.05, 0) is 67.1 Å². The van der Waals surface area contributed by atoms with E-state index < -0.39 is 11.7 Å². The fraction of sp³-hybridized carbons (Fsp3) is 0.115. The number of carbonyl (C=O) groups excluding carboxylic acids is 1. The Hall–Kier alpha value is -3.95. The van der Waals surface area contributed by atoms with Crippen molar-refractivity contribution in [3.63, 3.8) is 0 Å². The number of amides is 1. The lowest BCUT2D eigenvalue weighted by atomic mass is 10.2. The van der Waals surface area contributed by atoms with Gasteiger partial charge in [0.05, 0.1) is 27.2 Å². The quantitative estimate of drug-likeness (QED) is 0.335. The van der Waals surface area contributed by atoms with Crippen LogP contribution >= 0.6 is 22.9 Å². The van der Waals surface area contributed by atoms with E-state index in [9.17, 15) is 14.0 Å². The van der Waals surface area contributed by atoms with Crippen LogP contribution in [0.5, 0.6) is 11.5 Å². The number of hydrogen-bond donors (Lipinski definition) is 1.